The van der Waals surface area contributed by atoms with Gasteiger partial charge in [-0.3, -0.25) is 13.9 Å². The highest BCUT2D eigenvalue weighted by Crippen LogP contribution is 2.40. The Balaban J connectivity index is 1.78. The fourth-order valence-electron chi connectivity index (χ4n) is 5.47. The maximum absolute atomic E-state index is 14.7. The van der Waals surface area contributed by atoms with E-state index in [1.165, 1.54) is 32.2 Å². The van der Waals surface area contributed by atoms with E-state index in [2.05, 4.69) is 52.1 Å². The van der Waals surface area contributed by atoms with Gasteiger partial charge in [0, 0.05) is 30.9 Å². The van der Waals surface area contributed by atoms with Crippen LogP contribution in [0.3, 0.4) is 0 Å². The van der Waals surface area contributed by atoms with Crippen molar-refractivity contribution < 1.29 is 23.9 Å². The van der Waals surface area contributed by atoms with E-state index in [-0.39, 0.29) is 11.3 Å². The number of fused-ring (bicyclic) bond motifs is 1. The molecule has 2 aliphatic rings. The zero-order valence-corrected chi connectivity index (χ0v) is 30.7. The summed E-state index contributed by atoms with van der Waals surface area (Å²) < 4.78 is 12.7. The number of hydrogen-bond donors (Lipinski definition) is 1. The topological polar surface area (TPSA) is 101 Å². The van der Waals surface area contributed by atoms with Crippen LogP contribution in [0.1, 0.15) is 86.1 Å². The van der Waals surface area contributed by atoms with Gasteiger partial charge in [0.2, 0.25) is 0 Å². The highest BCUT2D eigenvalue weighted by atomic mass is 32.2. The predicted molar refractivity (Wildman–Crippen MR) is 192 cm³/mol. The van der Waals surface area contributed by atoms with Gasteiger partial charge in [0.1, 0.15) is 5.84 Å². The van der Waals surface area contributed by atoms with Gasteiger partial charge < -0.3 is 14.8 Å². The van der Waals surface area contributed by atoms with Crippen LogP contribution in [0.4, 0.5) is 16.2 Å². The van der Waals surface area contributed by atoms with Crippen LogP contribution < -0.4 is 5.32 Å². The summed E-state index contributed by atoms with van der Waals surface area (Å²) in [6.45, 7) is 14.9. The molecule has 11 heteroatoms. The summed E-state index contributed by atoms with van der Waals surface area (Å²) in [6.07, 6.45) is 4.37. The second kappa shape index (κ2) is 15.9. The molecule has 0 spiro atoms. The monoisotopic (exact) mass is 682 g/mol. The Hall–Kier alpha value is -3.02. The molecular formula is C36H50N4O5S2. The zero-order chi connectivity index (χ0) is 34.4. The lowest BCUT2D eigenvalue weighted by Crippen LogP contribution is -2.56. The minimum Gasteiger partial charge on any atom is -0.433 e. The number of cyclic esters (lactones) is 1. The summed E-state index contributed by atoms with van der Waals surface area (Å²) in [5, 5.41) is 3.16. The number of carbonyl (C=O) groups excluding carboxylic acids is 3. The van der Waals surface area contributed by atoms with Crippen molar-refractivity contribution in [1.29, 1.82) is 0 Å². The molecule has 9 nitrogen and oxygen atoms in total. The molecule has 0 bridgehead atoms. The predicted octanol–water partition coefficient (Wildman–Crippen LogP) is 8.45. The SMILES string of the molecule is CCCCC(CC)CSc1ccc(C(C)(C)C)cc1NC(=O)C(C1=Nc2ccccc2SN1CCCOC)N1C(=O)OC(C)(C)C1=O. The molecule has 0 radical (unpaired) electrons. The van der Waals surface area contributed by atoms with Crippen molar-refractivity contribution >= 4 is 58.8 Å². The lowest BCUT2D eigenvalue weighted by Gasteiger charge is -2.35. The lowest BCUT2D eigenvalue weighted by atomic mass is 9.87. The number of hydrogen-bond acceptors (Lipinski definition) is 9. The molecule has 2 aromatic rings. The number of nitrogens with one attached hydrogen (secondary N) is 1. The smallest absolute Gasteiger partial charge is 0.418 e. The van der Waals surface area contributed by atoms with Crippen LogP contribution in [0.2, 0.25) is 0 Å². The molecule has 2 aliphatic heterocycles. The molecule has 256 valence electrons. The van der Waals surface area contributed by atoms with Gasteiger partial charge in [-0.05, 0) is 79.8 Å². The normalized spacial score (nSPS) is 17.2. The van der Waals surface area contributed by atoms with E-state index in [4.69, 9.17) is 14.5 Å². The first-order valence-corrected chi connectivity index (χ1v) is 18.3. The number of anilines is 1. The van der Waals surface area contributed by atoms with Crippen molar-refractivity contribution in [3.63, 3.8) is 0 Å². The van der Waals surface area contributed by atoms with E-state index in [9.17, 15) is 14.4 Å². The zero-order valence-electron chi connectivity index (χ0n) is 29.1. The van der Waals surface area contributed by atoms with Gasteiger partial charge >= 0.3 is 6.09 Å². The highest BCUT2D eigenvalue weighted by molar-refractivity contribution is 7.99. The number of aliphatic imine (C=N–C) groups is 1. The van der Waals surface area contributed by atoms with Gasteiger partial charge in [-0.1, -0.05) is 72.1 Å². The van der Waals surface area contributed by atoms with Crippen LogP contribution in [0.15, 0.2) is 57.2 Å². The summed E-state index contributed by atoms with van der Waals surface area (Å²) in [4.78, 5) is 49.5. The number of ether oxygens (including phenoxy) is 2. The molecule has 1 saturated heterocycles. The second-order valence-electron chi connectivity index (χ2n) is 13.6. The molecule has 47 heavy (non-hydrogen) atoms. The van der Waals surface area contributed by atoms with E-state index in [0.717, 1.165) is 45.3 Å². The van der Waals surface area contributed by atoms with E-state index < -0.39 is 29.6 Å². The van der Waals surface area contributed by atoms with E-state index in [1.807, 2.05) is 34.6 Å². The van der Waals surface area contributed by atoms with Crippen molar-refractivity contribution in [2.24, 2.45) is 10.9 Å². The lowest BCUT2D eigenvalue weighted by molar-refractivity contribution is -0.137. The molecule has 1 fully saturated rings. The average Bonchev–Trinajstić information content (AvgIpc) is 3.23. The molecule has 0 saturated carbocycles. The van der Waals surface area contributed by atoms with Crippen LogP contribution in [0, 0.1) is 5.92 Å². The van der Waals surface area contributed by atoms with Gasteiger partial charge in [0.05, 0.1) is 16.3 Å². The highest BCUT2D eigenvalue weighted by Gasteiger charge is 2.54. The number of para-hydroxylation sites is 1. The summed E-state index contributed by atoms with van der Waals surface area (Å²) in [5.41, 5.74) is 0.788. The minimum atomic E-state index is -1.42. The van der Waals surface area contributed by atoms with Crippen LogP contribution in [0.5, 0.6) is 0 Å². The quantitative estimate of drug-likeness (QED) is 0.114. The number of nitrogens with zero attached hydrogens (tertiary/aromatic N) is 3. The molecule has 2 unspecified atom stereocenters. The van der Waals surface area contributed by atoms with Crippen LogP contribution in [-0.2, 0) is 24.5 Å². The first kappa shape index (κ1) is 36.8. The first-order chi connectivity index (χ1) is 22.3. The van der Waals surface area contributed by atoms with Crippen molar-refractivity contribution in [1.82, 2.24) is 9.21 Å². The van der Waals surface area contributed by atoms with Crippen LogP contribution in [0.25, 0.3) is 0 Å². The number of amidine groups is 1. The van der Waals surface area contributed by atoms with Gasteiger partial charge in [-0.2, -0.15) is 0 Å². The maximum atomic E-state index is 14.7. The third-order valence-electron chi connectivity index (χ3n) is 8.42. The number of amides is 3. The number of rotatable bonds is 15. The van der Waals surface area contributed by atoms with Gasteiger partial charge in [0.25, 0.3) is 11.8 Å². The van der Waals surface area contributed by atoms with Crippen LogP contribution in [-0.4, -0.2) is 70.6 Å². The molecule has 3 amide bonds. The van der Waals surface area contributed by atoms with Crippen molar-refractivity contribution in [3.05, 3.63) is 48.0 Å². The third kappa shape index (κ3) is 8.91. The second-order valence-corrected chi connectivity index (χ2v) is 15.7. The molecule has 0 aromatic heterocycles. The third-order valence-corrected chi connectivity index (χ3v) is 10.9. The Morgan fingerprint density at radius 2 is 1.87 bits per heavy atom. The number of unbranched alkanes of at least 4 members (excludes halogenated alkanes) is 1. The summed E-state index contributed by atoms with van der Waals surface area (Å²) in [5.74, 6) is 0.653. The number of carbonyl (C=O) groups is 3. The Morgan fingerprint density at radius 3 is 2.51 bits per heavy atom. The van der Waals surface area contributed by atoms with Gasteiger partial charge in [0.15, 0.2) is 11.6 Å². The number of methoxy groups -OCH3 is 1. The molecule has 1 N–H and O–H groups in total. The standard InChI is InChI=1S/C36H50N4O5S2/c1-9-11-15-24(10-2)23-46-28-19-18-25(35(3,4)5)22-27(28)38-32(41)30(40-33(42)36(6,7)45-34(40)43)31-37-26-16-12-13-17-29(26)47-39(31)20-14-21-44-8/h12-13,16-19,22,24,30H,9-11,14-15,20-21,23H2,1-8H3,(H,38,41). The number of benzene rings is 2. The largest absolute Gasteiger partial charge is 0.433 e. The fourth-order valence-corrected chi connectivity index (χ4v) is 7.75. The molecular weight excluding hydrogens is 633 g/mol. The number of imide groups is 1. The Labute approximate surface area is 288 Å². The van der Waals surface area contributed by atoms with Crippen molar-refractivity contribution in [2.75, 3.05) is 31.3 Å². The van der Waals surface area contributed by atoms with E-state index in [1.54, 1.807) is 18.9 Å². The minimum absolute atomic E-state index is 0.167. The van der Waals surface area contributed by atoms with E-state index >= 15 is 0 Å². The molecule has 2 aromatic carbocycles. The van der Waals surface area contributed by atoms with Gasteiger partial charge in [-0.25, -0.2) is 14.7 Å². The fraction of sp³-hybridized carbons (Fsp3) is 0.556. The van der Waals surface area contributed by atoms with E-state index in [0.29, 0.717) is 36.9 Å². The van der Waals surface area contributed by atoms with Crippen molar-refractivity contribution in [3.8, 4) is 0 Å². The van der Waals surface area contributed by atoms with Gasteiger partial charge in [-0.15, -0.1) is 11.8 Å². The van der Waals surface area contributed by atoms with Crippen molar-refractivity contribution in [2.45, 2.75) is 107 Å². The Morgan fingerprint density at radius 1 is 1.13 bits per heavy atom. The average molecular weight is 683 g/mol. The Kier molecular flexibility index (Phi) is 12.5. The summed E-state index contributed by atoms with van der Waals surface area (Å²) in [6, 6.07) is 12.5. The molecule has 2 heterocycles. The number of thioether (sulfide) groups is 1. The summed E-state index contributed by atoms with van der Waals surface area (Å²) in [7, 11) is 1.64. The molecule has 0 aliphatic carbocycles. The molecule has 2 atom stereocenters. The molecule has 4 rings (SSSR count). The first-order valence-electron chi connectivity index (χ1n) is 16.6. The Bertz CT molecular complexity index is 1470. The van der Waals surface area contributed by atoms with Crippen LogP contribution >= 0.6 is 23.7 Å². The summed E-state index contributed by atoms with van der Waals surface area (Å²) >= 11 is 3.16. The maximum Gasteiger partial charge on any atom is 0.418 e.